The van der Waals surface area contributed by atoms with Gasteiger partial charge in [-0.1, -0.05) is 11.6 Å². The number of ether oxygens (including phenoxy) is 2. The van der Waals surface area contributed by atoms with Crippen LogP contribution in [0.5, 0.6) is 11.5 Å². The Morgan fingerprint density at radius 1 is 1.16 bits per heavy atom. The molecule has 1 amide bonds. The smallest absolute Gasteiger partial charge is 0.256 e. The first-order valence-corrected chi connectivity index (χ1v) is 8.27. The Kier molecular flexibility index (Phi) is 3.89. The van der Waals surface area contributed by atoms with Gasteiger partial charge in [-0.2, -0.15) is 0 Å². The van der Waals surface area contributed by atoms with Crippen LogP contribution in [0.2, 0.25) is 5.02 Å². The van der Waals surface area contributed by atoms with Gasteiger partial charge in [0.05, 0.1) is 18.9 Å². The highest BCUT2D eigenvalue weighted by Crippen LogP contribution is 2.36. The van der Waals surface area contributed by atoms with Crippen LogP contribution in [0.3, 0.4) is 0 Å². The van der Waals surface area contributed by atoms with E-state index in [2.05, 4.69) is 10.3 Å². The van der Waals surface area contributed by atoms with Crippen molar-refractivity contribution in [3.05, 3.63) is 47.0 Å². The van der Waals surface area contributed by atoms with E-state index in [-0.39, 0.29) is 5.91 Å². The summed E-state index contributed by atoms with van der Waals surface area (Å²) in [7, 11) is 0. The fraction of sp³-hybridized carbons (Fsp3) is 0.167. The molecule has 6 nitrogen and oxygen atoms in total. The maximum atomic E-state index is 12.6. The Morgan fingerprint density at radius 2 is 2.00 bits per heavy atom. The number of aromatic amines is 1. The van der Waals surface area contributed by atoms with Crippen LogP contribution in [0, 0.1) is 0 Å². The van der Waals surface area contributed by atoms with E-state index in [9.17, 15) is 4.79 Å². The third kappa shape index (κ3) is 3.08. The van der Waals surface area contributed by atoms with Crippen molar-refractivity contribution in [3.63, 3.8) is 0 Å². The number of H-pyrrole nitrogens is 1. The highest BCUT2D eigenvalue weighted by atomic mass is 35.5. The summed E-state index contributed by atoms with van der Waals surface area (Å²) >= 11 is 5.99. The van der Waals surface area contributed by atoms with Gasteiger partial charge in [-0.3, -0.25) is 4.79 Å². The Labute approximate surface area is 148 Å². The van der Waals surface area contributed by atoms with Crippen molar-refractivity contribution < 1.29 is 14.3 Å². The second kappa shape index (κ2) is 6.22. The largest absolute Gasteiger partial charge is 0.489 e. The molecule has 0 spiro atoms. The van der Waals surface area contributed by atoms with E-state index in [1.54, 1.807) is 18.2 Å². The second-order valence-electron chi connectivity index (χ2n) is 5.81. The molecule has 0 fully saturated rings. The Balaban J connectivity index is 1.61. The van der Waals surface area contributed by atoms with Crippen molar-refractivity contribution in [1.82, 2.24) is 4.98 Å². The van der Waals surface area contributed by atoms with Crippen molar-refractivity contribution in [2.75, 3.05) is 24.3 Å². The molecular formula is C18H16ClN3O3. The lowest BCUT2D eigenvalue weighted by Gasteiger charge is -2.12. The van der Waals surface area contributed by atoms with Gasteiger partial charge in [-0.15, -0.1) is 0 Å². The number of hydrogen-bond donors (Lipinski definition) is 3. The summed E-state index contributed by atoms with van der Waals surface area (Å²) in [6.45, 7) is 1.07. The molecule has 0 aliphatic carbocycles. The molecule has 128 valence electrons. The van der Waals surface area contributed by atoms with Crippen LogP contribution in [-0.4, -0.2) is 24.1 Å². The van der Waals surface area contributed by atoms with Gasteiger partial charge in [0.1, 0.15) is 5.82 Å². The van der Waals surface area contributed by atoms with Gasteiger partial charge in [0.15, 0.2) is 11.5 Å². The van der Waals surface area contributed by atoms with Crippen LogP contribution in [-0.2, 0) is 0 Å². The number of aromatic nitrogens is 1. The standard InChI is InChI=1S/C18H16ClN3O3/c19-12-2-3-14-10(6-12)9-16(21-14)22-18(23)11-7-13(20)17-15(8-11)24-4-1-5-25-17/h2-3,6-9,21H,1,4-5,20H2,(H,22,23). The monoisotopic (exact) mass is 357 g/mol. The third-order valence-corrected chi connectivity index (χ3v) is 4.20. The molecule has 4 rings (SSSR count). The first kappa shape index (κ1) is 15.7. The number of fused-ring (bicyclic) bond motifs is 2. The van der Waals surface area contributed by atoms with Crippen LogP contribution >= 0.6 is 11.6 Å². The quantitative estimate of drug-likeness (QED) is 0.608. The molecule has 2 heterocycles. The van der Waals surface area contributed by atoms with E-state index in [1.165, 1.54) is 0 Å². The lowest BCUT2D eigenvalue weighted by Crippen LogP contribution is -2.13. The normalized spacial score (nSPS) is 13.5. The average molecular weight is 358 g/mol. The van der Waals surface area contributed by atoms with Crippen molar-refractivity contribution in [2.24, 2.45) is 0 Å². The Morgan fingerprint density at radius 3 is 2.88 bits per heavy atom. The minimum atomic E-state index is -0.292. The third-order valence-electron chi connectivity index (χ3n) is 3.97. The summed E-state index contributed by atoms with van der Waals surface area (Å²) in [5.74, 6) is 1.27. The first-order chi connectivity index (χ1) is 12.1. The molecular weight excluding hydrogens is 342 g/mol. The number of halogens is 1. The van der Waals surface area contributed by atoms with Crippen molar-refractivity contribution in [2.45, 2.75) is 6.42 Å². The molecule has 7 heteroatoms. The molecule has 0 atom stereocenters. The first-order valence-electron chi connectivity index (χ1n) is 7.89. The molecule has 1 aliphatic heterocycles. The number of amides is 1. The maximum Gasteiger partial charge on any atom is 0.256 e. The van der Waals surface area contributed by atoms with E-state index in [1.807, 2.05) is 18.2 Å². The van der Waals surface area contributed by atoms with Gasteiger partial charge in [-0.05, 0) is 36.4 Å². The molecule has 0 bridgehead atoms. The molecule has 1 aliphatic rings. The number of carbonyl (C=O) groups excluding carboxylic acids is 1. The topological polar surface area (TPSA) is 89.4 Å². The number of benzene rings is 2. The zero-order valence-electron chi connectivity index (χ0n) is 13.3. The molecule has 25 heavy (non-hydrogen) atoms. The number of hydrogen-bond acceptors (Lipinski definition) is 4. The van der Waals surface area contributed by atoms with Crippen LogP contribution in [0.1, 0.15) is 16.8 Å². The van der Waals surface area contributed by atoms with Crippen LogP contribution < -0.4 is 20.5 Å². The van der Waals surface area contributed by atoms with Crippen molar-refractivity contribution in [3.8, 4) is 11.5 Å². The molecule has 2 aromatic carbocycles. The summed E-state index contributed by atoms with van der Waals surface area (Å²) in [5.41, 5.74) is 7.68. The van der Waals surface area contributed by atoms with Gasteiger partial charge < -0.3 is 25.5 Å². The predicted octanol–water partition coefficient (Wildman–Crippen LogP) is 3.82. The van der Waals surface area contributed by atoms with Gasteiger partial charge >= 0.3 is 0 Å². The SMILES string of the molecule is Nc1cc(C(=O)Nc2cc3cc(Cl)ccc3[nH]2)cc2c1OCCCO2. The number of rotatable bonds is 2. The lowest BCUT2D eigenvalue weighted by atomic mass is 10.1. The fourth-order valence-electron chi connectivity index (χ4n) is 2.80. The molecule has 0 saturated carbocycles. The van der Waals surface area contributed by atoms with Gasteiger partial charge in [0.2, 0.25) is 0 Å². The average Bonchev–Trinajstić information content (AvgIpc) is 2.81. The minimum Gasteiger partial charge on any atom is -0.489 e. The number of anilines is 2. The van der Waals surface area contributed by atoms with Crippen LogP contribution in [0.15, 0.2) is 36.4 Å². The minimum absolute atomic E-state index is 0.292. The summed E-state index contributed by atoms with van der Waals surface area (Å²) in [6, 6.07) is 10.5. The van der Waals surface area contributed by atoms with Gasteiger partial charge in [0.25, 0.3) is 5.91 Å². The zero-order valence-corrected chi connectivity index (χ0v) is 14.0. The van der Waals surface area contributed by atoms with Crippen molar-refractivity contribution in [1.29, 1.82) is 0 Å². The summed E-state index contributed by atoms with van der Waals surface area (Å²) in [4.78, 5) is 15.7. The summed E-state index contributed by atoms with van der Waals surface area (Å²) in [5, 5.41) is 4.38. The number of nitrogens with two attached hydrogens (primary N) is 1. The molecule has 0 unspecified atom stereocenters. The molecule has 1 aromatic heterocycles. The van der Waals surface area contributed by atoms with E-state index in [0.717, 1.165) is 17.3 Å². The van der Waals surface area contributed by atoms with E-state index >= 15 is 0 Å². The van der Waals surface area contributed by atoms with E-state index in [0.29, 0.717) is 46.8 Å². The highest BCUT2D eigenvalue weighted by Gasteiger charge is 2.18. The van der Waals surface area contributed by atoms with Crippen molar-refractivity contribution >= 4 is 39.9 Å². The van der Waals surface area contributed by atoms with E-state index in [4.69, 9.17) is 26.8 Å². The van der Waals surface area contributed by atoms with Crippen LogP contribution in [0.4, 0.5) is 11.5 Å². The molecule has 0 saturated heterocycles. The molecule has 0 radical (unpaired) electrons. The van der Waals surface area contributed by atoms with Crippen LogP contribution in [0.25, 0.3) is 10.9 Å². The summed E-state index contributed by atoms with van der Waals surface area (Å²) < 4.78 is 11.2. The fourth-order valence-corrected chi connectivity index (χ4v) is 2.98. The predicted molar refractivity (Wildman–Crippen MR) is 97.7 cm³/mol. The van der Waals surface area contributed by atoms with Gasteiger partial charge in [-0.25, -0.2) is 0 Å². The Bertz CT molecular complexity index is 968. The Hall–Kier alpha value is -2.86. The number of nitrogen functional groups attached to an aromatic ring is 1. The molecule has 3 aromatic rings. The number of nitrogens with one attached hydrogen (secondary N) is 2. The molecule has 4 N–H and O–H groups in total. The zero-order chi connectivity index (χ0) is 17.4. The van der Waals surface area contributed by atoms with Gasteiger partial charge in [0, 0.05) is 27.9 Å². The highest BCUT2D eigenvalue weighted by molar-refractivity contribution is 6.31. The number of carbonyl (C=O) groups is 1. The van der Waals surface area contributed by atoms with E-state index < -0.39 is 0 Å². The maximum absolute atomic E-state index is 12.6. The lowest BCUT2D eigenvalue weighted by molar-refractivity contribution is 0.102. The summed E-state index contributed by atoms with van der Waals surface area (Å²) in [6.07, 6.45) is 0.771. The second-order valence-corrected chi connectivity index (χ2v) is 6.25.